The summed E-state index contributed by atoms with van der Waals surface area (Å²) in [7, 11) is -4.07. The molecule has 1 fully saturated rings. The minimum atomic E-state index is -4.07. The second-order valence-corrected chi connectivity index (χ2v) is 7.33. The quantitative estimate of drug-likeness (QED) is 0.845. The molecule has 7 nitrogen and oxygen atoms in total. The van der Waals surface area contributed by atoms with Gasteiger partial charge in [-0.05, 0) is 37.5 Å². The summed E-state index contributed by atoms with van der Waals surface area (Å²) in [6.45, 7) is 0.109. The molecule has 1 atom stereocenters. The van der Waals surface area contributed by atoms with Gasteiger partial charge in [0.25, 0.3) is 0 Å². The van der Waals surface area contributed by atoms with Crippen LogP contribution in [0, 0.1) is 0 Å². The van der Waals surface area contributed by atoms with Crippen molar-refractivity contribution in [3.05, 3.63) is 28.8 Å². The molecule has 1 saturated heterocycles. The van der Waals surface area contributed by atoms with Crippen molar-refractivity contribution in [2.75, 3.05) is 6.54 Å². The third-order valence-corrected chi connectivity index (χ3v) is 5.61. The van der Waals surface area contributed by atoms with Crippen molar-refractivity contribution in [3.8, 4) is 0 Å². The Morgan fingerprint density at radius 1 is 1.27 bits per heavy atom. The monoisotopic (exact) mass is 346 g/mol. The number of primary amides is 1. The maximum atomic E-state index is 12.7. The summed E-state index contributed by atoms with van der Waals surface area (Å²) in [6.07, 6.45) is 1.47. The van der Waals surface area contributed by atoms with Crippen LogP contribution in [-0.4, -0.2) is 42.3 Å². The van der Waals surface area contributed by atoms with Crippen LogP contribution in [0.5, 0.6) is 0 Å². The highest BCUT2D eigenvalue weighted by Gasteiger charge is 2.37. The molecule has 3 N–H and O–H groups in total. The summed E-state index contributed by atoms with van der Waals surface area (Å²) in [5.74, 6) is -2.01. The van der Waals surface area contributed by atoms with Crippen LogP contribution in [0.15, 0.2) is 23.1 Å². The van der Waals surface area contributed by atoms with Gasteiger partial charge in [-0.3, -0.25) is 9.59 Å². The molecule has 1 aliphatic rings. The lowest BCUT2D eigenvalue weighted by Gasteiger charge is -2.31. The van der Waals surface area contributed by atoms with E-state index in [2.05, 4.69) is 0 Å². The first-order valence-corrected chi connectivity index (χ1v) is 8.40. The molecule has 1 aromatic carbocycles. The fourth-order valence-corrected chi connectivity index (χ4v) is 4.45. The molecule has 1 unspecified atom stereocenters. The Morgan fingerprint density at radius 3 is 2.55 bits per heavy atom. The summed E-state index contributed by atoms with van der Waals surface area (Å²) in [5.41, 5.74) is 5.10. The maximum absolute atomic E-state index is 12.7. The SMILES string of the molecule is NC(=O)c1cc(Cl)cc(S(=O)(=O)N2CCCCC2C(=O)O)c1. The van der Waals surface area contributed by atoms with Crippen LogP contribution in [0.25, 0.3) is 0 Å². The molecule has 0 spiro atoms. The van der Waals surface area contributed by atoms with Gasteiger partial charge in [-0.25, -0.2) is 8.42 Å². The Morgan fingerprint density at radius 2 is 1.95 bits per heavy atom. The first kappa shape index (κ1) is 16.7. The molecule has 0 saturated carbocycles. The Labute approximate surface area is 132 Å². The summed E-state index contributed by atoms with van der Waals surface area (Å²) in [6, 6.07) is 2.43. The Kier molecular flexibility index (Phi) is 4.74. The van der Waals surface area contributed by atoms with Gasteiger partial charge in [0.15, 0.2) is 0 Å². The molecule has 1 heterocycles. The minimum absolute atomic E-state index is 0.0405. The number of hydrogen-bond donors (Lipinski definition) is 2. The summed E-state index contributed by atoms with van der Waals surface area (Å²) in [5, 5.41) is 9.25. The molecular formula is C13H15ClN2O5S. The fourth-order valence-electron chi connectivity index (χ4n) is 2.43. The molecule has 120 valence electrons. The number of amides is 1. The lowest BCUT2D eigenvalue weighted by atomic mass is 10.1. The predicted molar refractivity (Wildman–Crippen MR) is 79.1 cm³/mol. The van der Waals surface area contributed by atoms with Crippen LogP contribution in [0.3, 0.4) is 0 Å². The lowest BCUT2D eigenvalue weighted by molar-refractivity contribution is -0.142. The number of nitrogens with zero attached hydrogens (tertiary/aromatic N) is 1. The smallest absolute Gasteiger partial charge is 0.322 e. The highest BCUT2D eigenvalue weighted by atomic mass is 35.5. The molecule has 9 heteroatoms. The second-order valence-electron chi connectivity index (χ2n) is 5.01. The highest BCUT2D eigenvalue weighted by molar-refractivity contribution is 7.89. The number of hydrogen-bond acceptors (Lipinski definition) is 4. The van der Waals surface area contributed by atoms with Gasteiger partial charge in [0.2, 0.25) is 15.9 Å². The number of carbonyl (C=O) groups is 2. The predicted octanol–water partition coefficient (Wildman–Crippen LogP) is 1.07. The molecule has 0 aliphatic carbocycles. The van der Waals surface area contributed by atoms with Crippen molar-refractivity contribution < 1.29 is 23.1 Å². The Hall–Kier alpha value is -1.64. The van der Waals surface area contributed by atoms with E-state index in [1.807, 2.05) is 0 Å². The van der Waals surface area contributed by atoms with E-state index in [4.69, 9.17) is 17.3 Å². The molecule has 0 aromatic heterocycles. The van der Waals surface area contributed by atoms with Crippen LogP contribution in [-0.2, 0) is 14.8 Å². The third kappa shape index (κ3) is 3.23. The van der Waals surface area contributed by atoms with Gasteiger partial charge < -0.3 is 10.8 Å². The van der Waals surface area contributed by atoms with E-state index in [1.54, 1.807) is 0 Å². The highest BCUT2D eigenvalue weighted by Crippen LogP contribution is 2.28. The lowest BCUT2D eigenvalue weighted by Crippen LogP contribution is -2.47. The van der Waals surface area contributed by atoms with Crippen LogP contribution in [0.1, 0.15) is 29.6 Å². The number of piperidine rings is 1. The van der Waals surface area contributed by atoms with E-state index in [-0.39, 0.29) is 28.4 Å². The zero-order valence-electron chi connectivity index (χ0n) is 11.5. The van der Waals surface area contributed by atoms with Gasteiger partial charge in [0.05, 0.1) is 4.90 Å². The van der Waals surface area contributed by atoms with Crippen molar-refractivity contribution in [1.29, 1.82) is 0 Å². The van der Waals surface area contributed by atoms with Crippen molar-refractivity contribution in [2.45, 2.75) is 30.2 Å². The zero-order valence-corrected chi connectivity index (χ0v) is 13.1. The number of rotatable bonds is 4. The number of carboxylic acids is 1. The molecule has 1 amide bonds. The van der Waals surface area contributed by atoms with Crippen LogP contribution in [0.4, 0.5) is 0 Å². The molecule has 2 rings (SSSR count). The fraction of sp³-hybridized carbons (Fsp3) is 0.385. The molecular weight excluding hydrogens is 332 g/mol. The third-order valence-electron chi connectivity index (χ3n) is 3.50. The topological polar surface area (TPSA) is 118 Å². The van der Waals surface area contributed by atoms with E-state index in [9.17, 15) is 23.1 Å². The minimum Gasteiger partial charge on any atom is -0.480 e. The number of nitrogens with two attached hydrogens (primary N) is 1. The van der Waals surface area contributed by atoms with E-state index >= 15 is 0 Å². The van der Waals surface area contributed by atoms with Gasteiger partial charge in [-0.1, -0.05) is 11.6 Å². The molecule has 1 aromatic rings. The first-order valence-electron chi connectivity index (χ1n) is 6.58. The molecule has 22 heavy (non-hydrogen) atoms. The second kappa shape index (κ2) is 6.23. The van der Waals surface area contributed by atoms with Gasteiger partial charge >= 0.3 is 5.97 Å². The van der Waals surface area contributed by atoms with E-state index in [1.165, 1.54) is 12.1 Å². The zero-order chi connectivity index (χ0) is 16.5. The Balaban J connectivity index is 2.49. The van der Waals surface area contributed by atoms with Crippen LogP contribution < -0.4 is 5.73 Å². The number of carboxylic acid groups (broad SMARTS) is 1. The van der Waals surface area contributed by atoms with Gasteiger partial charge in [-0.2, -0.15) is 4.31 Å². The average molecular weight is 347 g/mol. The van der Waals surface area contributed by atoms with Gasteiger partial charge in [-0.15, -0.1) is 0 Å². The van der Waals surface area contributed by atoms with E-state index in [0.29, 0.717) is 12.8 Å². The molecule has 0 bridgehead atoms. The Bertz CT molecular complexity index is 719. The average Bonchev–Trinajstić information content (AvgIpc) is 2.46. The standard InChI is InChI=1S/C13H15ClN2O5S/c14-9-5-8(12(15)17)6-10(7-9)22(20,21)16-4-2-1-3-11(16)13(18)19/h5-7,11H,1-4H2,(H2,15,17)(H,18,19). The van der Waals surface area contributed by atoms with Crippen molar-refractivity contribution in [2.24, 2.45) is 5.73 Å². The summed E-state index contributed by atoms with van der Waals surface area (Å²) in [4.78, 5) is 22.3. The van der Waals surface area contributed by atoms with Crippen molar-refractivity contribution in [3.63, 3.8) is 0 Å². The van der Waals surface area contributed by atoms with Crippen LogP contribution in [0.2, 0.25) is 5.02 Å². The van der Waals surface area contributed by atoms with Gasteiger partial charge in [0, 0.05) is 17.1 Å². The van der Waals surface area contributed by atoms with Crippen LogP contribution >= 0.6 is 11.6 Å². The first-order chi connectivity index (χ1) is 10.2. The van der Waals surface area contributed by atoms with Crippen molar-refractivity contribution in [1.82, 2.24) is 4.31 Å². The van der Waals surface area contributed by atoms with E-state index in [0.717, 1.165) is 10.4 Å². The summed E-state index contributed by atoms with van der Waals surface area (Å²) < 4.78 is 26.3. The largest absolute Gasteiger partial charge is 0.480 e. The number of carbonyl (C=O) groups excluding carboxylic acids is 1. The van der Waals surface area contributed by atoms with E-state index < -0.39 is 27.9 Å². The number of aliphatic carboxylic acids is 1. The van der Waals surface area contributed by atoms with Crippen molar-refractivity contribution >= 4 is 33.5 Å². The number of halogens is 1. The molecule has 0 radical (unpaired) electrons. The molecule has 1 aliphatic heterocycles. The normalized spacial score (nSPS) is 19.8. The summed E-state index contributed by atoms with van der Waals surface area (Å²) >= 11 is 5.83. The number of sulfonamides is 1. The number of benzene rings is 1. The van der Waals surface area contributed by atoms with Gasteiger partial charge in [0.1, 0.15) is 6.04 Å². The maximum Gasteiger partial charge on any atom is 0.322 e.